The van der Waals surface area contributed by atoms with Gasteiger partial charge in [-0.3, -0.25) is 9.59 Å². The third-order valence-corrected chi connectivity index (χ3v) is 6.56. The molecule has 5 rings (SSSR count). The van der Waals surface area contributed by atoms with E-state index in [4.69, 9.17) is 9.47 Å². The highest BCUT2D eigenvalue weighted by Crippen LogP contribution is 2.46. The summed E-state index contributed by atoms with van der Waals surface area (Å²) >= 11 is 0. The number of rotatable bonds is 5. The third kappa shape index (κ3) is 2.95. The molecule has 166 valence electrons. The Morgan fingerprint density at radius 3 is 2.62 bits per heavy atom. The highest BCUT2D eigenvalue weighted by Gasteiger charge is 2.48. The van der Waals surface area contributed by atoms with Crippen LogP contribution in [0.3, 0.4) is 0 Å². The largest absolute Gasteiger partial charge is 0.493 e. The predicted molar refractivity (Wildman–Crippen MR) is 121 cm³/mol. The molecule has 1 N–H and O–H groups in total. The van der Waals surface area contributed by atoms with Crippen molar-refractivity contribution in [1.82, 2.24) is 14.8 Å². The summed E-state index contributed by atoms with van der Waals surface area (Å²) in [6, 6.07) is 12.7. The Balaban J connectivity index is 1.75. The number of carbonyl (C=O) groups is 2. The first-order valence-electron chi connectivity index (χ1n) is 11.0. The smallest absolute Gasteiger partial charge is 0.246 e. The summed E-state index contributed by atoms with van der Waals surface area (Å²) in [5.41, 5.74) is 3.80. The van der Waals surface area contributed by atoms with Gasteiger partial charge in [-0.15, -0.1) is 0 Å². The van der Waals surface area contributed by atoms with Gasteiger partial charge in [0.15, 0.2) is 11.5 Å². The quantitative estimate of drug-likeness (QED) is 0.670. The molecule has 3 heterocycles. The number of nitrogens with zero attached hydrogens (tertiary/aromatic N) is 2. The number of benzene rings is 2. The molecule has 2 aliphatic rings. The summed E-state index contributed by atoms with van der Waals surface area (Å²) < 4.78 is 11.3. The number of carbonyl (C=O) groups excluding carboxylic acids is 2. The topological polar surface area (TPSA) is 74.9 Å². The summed E-state index contributed by atoms with van der Waals surface area (Å²) in [5.74, 6) is 1.12. The van der Waals surface area contributed by atoms with Gasteiger partial charge < -0.3 is 24.3 Å². The summed E-state index contributed by atoms with van der Waals surface area (Å²) in [6.45, 7) is 2.71. The molecule has 0 saturated carbocycles. The van der Waals surface area contributed by atoms with Gasteiger partial charge in [0.05, 0.1) is 20.8 Å². The van der Waals surface area contributed by atoms with Gasteiger partial charge in [0.1, 0.15) is 12.1 Å². The van der Waals surface area contributed by atoms with Crippen LogP contribution in [0.1, 0.15) is 36.2 Å². The van der Waals surface area contributed by atoms with Crippen LogP contribution in [-0.4, -0.2) is 59.9 Å². The Morgan fingerprint density at radius 1 is 1.06 bits per heavy atom. The molecule has 0 bridgehead atoms. The zero-order valence-corrected chi connectivity index (χ0v) is 18.6. The van der Waals surface area contributed by atoms with Crippen molar-refractivity contribution in [2.24, 2.45) is 0 Å². The average Bonchev–Trinajstić information content (AvgIpc) is 3.19. The Labute approximate surface area is 186 Å². The number of aromatic nitrogens is 1. The second-order valence-electron chi connectivity index (χ2n) is 8.33. The van der Waals surface area contributed by atoms with E-state index in [1.165, 1.54) is 0 Å². The number of piperazine rings is 1. The predicted octanol–water partition coefficient (Wildman–Crippen LogP) is 3.28. The molecule has 0 spiro atoms. The van der Waals surface area contributed by atoms with Gasteiger partial charge in [-0.05, 0) is 24.1 Å². The van der Waals surface area contributed by atoms with Crippen LogP contribution in [-0.2, 0) is 16.0 Å². The maximum atomic E-state index is 13.5. The van der Waals surface area contributed by atoms with Crippen molar-refractivity contribution >= 4 is 22.7 Å². The molecule has 0 radical (unpaired) electrons. The number of H-pyrrole nitrogens is 1. The molecule has 2 aliphatic heterocycles. The van der Waals surface area contributed by atoms with E-state index in [0.29, 0.717) is 24.5 Å². The summed E-state index contributed by atoms with van der Waals surface area (Å²) in [4.78, 5) is 33.9. The lowest BCUT2D eigenvalue weighted by Gasteiger charge is -2.47. The van der Waals surface area contributed by atoms with Crippen LogP contribution < -0.4 is 9.47 Å². The van der Waals surface area contributed by atoms with E-state index >= 15 is 0 Å². The number of amides is 2. The molecular formula is C25H27N3O4. The number of methoxy groups -OCH3 is 2. The van der Waals surface area contributed by atoms with Crippen molar-refractivity contribution in [1.29, 1.82) is 0 Å². The molecule has 1 saturated heterocycles. The number of para-hydroxylation sites is 2. The van der Waals surface area contributed by atoms with Gasteiger partial charge in [-0.2, -0.15) is 0 Å². The van der Waals surface area contributed by atoms with Gasteiger partial charge in [0, 0.05) is 35.1 Å². The minimum atomic E-state index is -0.546. The molecule has 2 aromatic carbocycles. The monoisotopic (exact) mass is 433 g/mol. The SMILES string of the molecule is CCCN1CC(=O)N2[C@@H](c3cccc(OC)c3OC)c3[nH]c4ccccc4c3C[C@H]2C1=O. The third-order valence-electron chi connectivity index (χ3n) is 6.56. The van der Waals surface area contributed by atoms with Crippen molar-refractivity contribution in [2.45, 2.75) is 31.8 Å². The van der Waals surface area contributed by atoms with Crippen LogP contribution in [0.5, 0.6) is 11.5 Å². The van der Waals surface area contributed by atoms with E-state index in [0.717, 1.165) is 34.1 Å². The minimum absolute atomic E-state index is 0.00856. The lowest BCUT2D eigenvalue weighted by Crippen LogP contribution is -2.63. The van der Waals surface area contributed by atoms with Gasteiger partial charge in [-0.25, -0.2) is 0 Å². The Kier molecular flexibility index (Phi) is 5.04. The number of ether oxygens (including phenoxy) is 2. The molecule has 0 unspecified atom stereocenters. The molecular weight excluding hydrogens is 406 g/mol. The van der Waals surface area contributed by atoms with Crippen LogP contribution in [0.4, 0.5) is 0 Å². The highest BCUT2D eigenvalue weighted by atomic mass is 16.5. The van der Waals surface area contributed by atoms with Crippen LogP contribution in [0, 0.1) is 0 Å². The van der Waals surface area contributed by atoms with E-state index in [1.807, 2.05) is 43.3 Å². The molecule has 1 fully saturated rings. The molecule has 7 heteroatoms. The summed E-state index contributed by atoms with van der Waals surface area (Å²) in [6.07, 6.45) is 1.31. The van der Waals surface area contributed by atoms with Crippen molar-refractivity contribution in [2.75, 3.05) is 27.3 Å². The van der Waals surface area contributed by atoms with E-state index < -0.39 is 12.1 Å². The van der Waals surface area contributed by atoms with E-state index in [2.05, 4.69) is 11.1 Å². The molecule has 3 aromatic rings. The summed E-state index contributed by atoms with van der Waals surface area (Å²) in [7, 11) is 3.19. The zero-order valence-electron chi connectivity index (χ0n) is 18.6. The molecule has 32 heavy (non-hydrogen) atoms. The van der Waals surface area contributed by atoms with Crippen molar-refractivity contribution < 1.29 is 19.1 Å². The lowest BCUT2D eigenvalue weighted by atomic mass is 9.85. The molecule has 7 nitrogen and oxygen atoms in total. The molecule has 2 atom stereocenters. The van der Waals surface area contributed by atoms with Crippen LogP contribution in [0.25, 0.3) is 10.9 Å². The van der Waals surface area contributed by atoms with E-state index in [-0.39, 0.29) is 18.4 Å². The fourth-order valence-electron chi connectivity index (χ4n) is 5.23. The van der Waals surface area contributed by atoms with Crippen LogP contribution in [0.15, 0.2) is 42.5 Å². The van der Waals surface area contributed by atoms with Crippen LogP contribution >= 0.6 is 0 Å². The van der Waals surface area contributed by atoms with Gasteiger partial charge >= 0.3 is 0 Å². The summed E-state index contributed by atoms with van der Waals surface area (Å²) in [5, 5.41) is 1.09. The first-order valence-corrected chi connectivity index (χ1v) is 11.0. The molecule has 2 amide bonds. The van der Waals surface area contributed by atoms with Gasteiger partial charge in [0.25, 0.3) is 0 Å². The van der Waals surface area contributed by atoms with Gasteiger partial charge in [-0.1, -0.05) is 37.3 Å². The zero-order chi connectivity index (χ0) is 22.4. The van der Waals surface area contributed by atoms with Crippen molar-refractivity contribution in [3.8, 4) is 11.5 Å². The normalized spacial score (nSPS) is 20.3. The van der Waals surface area contributed by atoms with E-state index in [9.17, 15) is 9.59 Å². The lowest BCUT2D eigenvalue weighted by molar-refractivity contribution is -0.158. The second kappa shape index (κ2) is 7.89. The second-order valence-corrected chi connectivity index (χ2v) is 8.33. The van der Waals surface area contributed by atoms with E-state index in [1.54, 1.807) is 24.0 Å². The Hall–Kier alpha value is -3.48. The maximum Gasteiger partial charge on any atom is 0.246 e. The highest BCUT2D eigenvalue weighted by molar-refractivity contribution is 5.97. The standard InChI is InChI=1S/C25H27N3O4/c1-4-12-27-14-21(29)28-19(25(27)30)13-17-15-8-5-6-10-18(15)26-22(17)23(28)16-9-7-11-20(31-2)24(16)32-3/h5-11,19,23,26H,4,12-14H2,1-3H3/t19-,23-/m0/s1. The fourth-order valence-corrected chi connectivity index (χ4v) is 5.23. The number of aromatic amines is 1. The Morgan fingerprint density at radius 2 is 1.88 bits per heavy atom. The number of hydrogen-bond donors (Lipinski definition) is 1. The van der Waals surface area contributed by atoms with Crippen molar-refractivity contribution in [3.05, 3.63) is 59.3 Å². The maximum absolute atomic E-state index is 13.5. The Bertz CT molecular complexity index is 1200. The average molecular weight is 434 g/mol. The molecule has 0 aliphatic carbocycles. The number of fused-ring (bicyclic) bond motifs is 4. The van der Waals surface area contributed by atoms with Crippen LogP contribution in [0.2, 0.25) is 0 Å². The van der Waals surface area contributed by atoms with Gasteiger partial charge in [0.2, 0.25) is 11.8 Å². The first kappa shape index (κ1) is 20.4. The minimum Gasteiger partial charge on any atom is -0.493 e. The number of hydrogen-bond acceptors (Lipinski definition) is 4. The fraction of sp³-hybridized carbons (Fsp3) is 0.360. The first-order chi connectivity index (χ1) is 15.6. The van der Waals surface area contributed by atoms with Crippen molar-refractivity contribution in [3.63, 3.8) is 0 Å². The molecule has 1 aromatic heterocycles. The number of nitrogens with one attached hydrogen (secondary N) is 1.